The first-order valence-electron chi connectivity index (χ1n) is 11.1. The molecule has 162 valence electrons. The maximum absolute atomic E-state index is 13.8. The van der Waals surface area contributed by atoms with Crippen molar-refractivity contribution in [1.82, 2.24) is 24.3 Å². The molecule has 0 saturated carbocycles. The monoisotopic (exact) mass is 426 g/mol. The molecule has 5 rings (SSSR count). The van der Waals surface area contributed by atoms with Crippen molar-refractivity contribution in [3.63, 3.8) is 0 Å². The number of likely N-dealkylation sites (tertiary alicyclic amines) is 1. The average molecular weight is 427 g/mol. The Bertz CT molecular complexity index is 1220. The van der Waals surface area contributed by atoms with E-state index in [0.717, 1.165) is 48.3 Å². The van der Waals surface area contributed by atoms with E-state index in [2.05, 4.69) is 22.2 Å². The number of aromatic nitrogens is 4. The van der Waals surface area contributed by atoms with E-state index in [1.807, 2.05) is 76.4 Å². The second kappa shape index (κ2) is 8.78. The second-order valence-corrected chi connectivity index (χ2v) is 8.05. The molecule has 4 aromatic rings. The molecule has 32 heavy (non-hydrogen) atoms. The SMILES string of the molecule is CCc1cnc(NC[C@@H]2CCCN2C(=O)c2c(-c3ccccc3)nc3ccccn23)nc1. The van der Waals surface area contributed by atoms with Crippen molar-refractivity contribution in [3.05, 3.63) is 78.4 Å². The lowest BCUT2D eigenvalue weighted by Gasteiger charge is -2.25. The van der Waals surface area contributed by atoms with Gasteiger partial charge in [0.15, 0.2) is 0 Å². The van der Waals surface area contributed by atoms with E-state index in [1.54, 1.807) is 0 Å². The van der Waals surface area contributed by atoms with Gasteiger partial charge in [0.25, 0.3) is 5.91 Å². The van der Waals surface area contributed by atoms with E-state index in [4.69, 9.17) is 4.98 Å². The first-order valence-corrected chi connectivity index (χ1v) is 11.1. The Labute approximate surface area is 187 Å². The van der Waals surface area contributed by atoms with Crippen LogP contribution in [0.5, 0.6) is 0 Å². The molecule has 0 radical (unpaired) electrons. The molecule has 1 amide bonds. The molecule has 1 aromatic carbocycles. The summed E-state index contributed by atoms with van der Waals surface area (Å²) in [6.45, 7) is 3.43. The fourth-order valence-corrected chi connectivity index (χ4v) is 4.29. The molecule has 1 aliphatic rings. The van der Waals surface area contributed by atoms with Crippen molar-refractivity contribution in [1.29, 1.82) is 0 Å². The van der Waals surface area contributed by atoms with Crippen LogP contribution in [0.1, 0.15) is 35.8 Å². The Balaban J connectivity index is 1.42. The molecule has 4 heterocycles. The fraction of sp³-hybridized carbons (Fsp3) is 0.280. The van der Waals surface area contributed by atoms with E-state index >= 15 is 0 Å². The molecule has 1 N–H and O–H groups in total. The van der Waals surface area contributed by atoms with Crippen LogP contribution in [-0.2, 0) is 6.42 Å². The Morgan fingerprint density at radius 3 is 2.66 bits per heavy atom. The van der Waals surface area contributed by atoms with Gasteiger partial charge < -0.3 is 10.2 Å². The molecule has 3 aromatic heterocycles. The van der Waals surface area contributed by atoms with Crippen molar-refractivity contribution in [2.24, 2.45) is 0 Å². The van der Waals surface area contributed by atoms with Gasteiger partial charge in [-0.2, -0.15) is 0 Å². The Kier molecular flexibility index (Phi) is 5.54. The number of hydrogen-bond donors (Lipinski definition) is 1. The van der Waals surface area contributed by atoms with Crippen LogP contribution in [0.4, 0.5) is 5.95 Å². The summed E-state index contributed by atoms with van der Waals surface area (Å²) in [5, 5.41) is 3.31. The van der Waals surface area contributed by atoms with Gasteiger partial charge in [0.2, 0.25) is 5.95 Å². The van der Waals surface area contributed by atoms with E-state index in [1.165, 1.54) is 0 Å². The Hall–Kier alpha value is -3.74. The summed E-state index contributed by atoms with van der Waals surface area (Å²) in [5.41, 5.74) is 4.15. The number of hydrogen-bond acceptors (Lipinski definition) is 5. The summed E-state index contributed by atoms with van der Waals surface area (Å²) in [4.78, 5) is 29.4. The zero-order valence-corrected chi connectivity index (χ0v) is 18.1. The minimum Gasteiger partial charge on any atom is -0.352 e. The fourth-order valence-electron chi connectivity index (χ4n) is 4.29. The number of carbonyl (C=O) groups is 1. The lowest BCUT2D eigenvalue weighted by molar-refractivity contribution is 0.0737. The van der Waals surface area contributed by atoms with Crippen LogP contribution in [0.3, 0.4) is 0 Å². The predicted molar refractivity (Wildman–Crippen MR) is 125 cm³/mol. The number of imidazole rings is 1. The van der Waals surface area contributed by atoms with Gasteiger partial charge in [-0.3, -0.25) is 9.20 Å². The summed E-state index contributed by atoms with van der Waals surface area (Å²) in [6.07, 6.45) is 8.44. The molecule has 1 aliphatic heterocycles. The molecule has 0 unspecified atom stereocenters. The van der Waals surface area contributed by atoms with Gasteiger partial charge in [0.1, 0.15) is 17.0 Å². The first kappa shape index (κ1) is 20.2. The van der Waals surface area contributed by atoms with Gasteiger partial charge in [-0.25, -0.2) is 15.0 Å². The maximum atomic E-state index is 13.8. The number of fused-ring (bicyclic) bond motifs is 1. The zero-order valence-electron chi connectivity index (χ0n) is 18.1. The second-order valence-electron chi connectivity index (χ2n) is 8.05. The third-order valence-electron chi connectivity index (χ3n) is 6.03. The molecular formula is C25H26N6O. The molecular weight excluding hydrogens is 400 g/mol. The number of amides is 1. The van der Waals surface area contributed by atoms with Crippen molar-refractivity contribution >= 4 is 17.5 Å². The van der Waals surface area contributed by atoms with Crippen LogP contribution in [0, 0.1) is 0 Å². The highest BCUT2D eigenvalue weighted by Gasteiger charge is 2.33. The quantitative estimate of drug-likeness (QED) is 0.503. The van der Waals surface area contributed by atoms with Crippen molar-refractivity contribution in [2.75, 3.05) is 18.4 Å². The average Bonchev–Trinajstić information content (AvgIpc) is 3.48. The largest absolute Gasteiger partial charge is 0.352 e. The molecule has 7 heteroatoms. The van der Waals surface area contributed by atoms with Crippen LogP contribution < -0.4 is 5.32 Å². The first-order chi connectivity index (χ1) is 15.7. The predicted octanol–water partition coefficient (Wildman–Crippen LogP) is 4.07. The third kappa shape index (κ3) is 3.82. The number of aryl methyl sites for hydroxylation is 1. The minimum atomic E-state index is 0.00843. The summed E-state index contributed by atoms with van der Waals surface area (Å²) in [7, 11) is 0. The highest BCUT2D eigenvalue weighted by atomic mass is 16.2. The van der Waals surface area contributed by atoms with Gasteiger partial charge in [-0.05, 0) is 37.0 Å². The Morgan fingerprint density at radius 1 is 1.09 bits per heavy atom. The van der Waals surface area contributed by atoms with E-state index < -0.39 is 0 Å². The zero-order chi connectivity index (χ0) is 21.9. The molecule has 0 bridgehead atoms. The lowest BCUT2D eigenvalue weighted by atomic mass is 10.1. The van der Waals surface area contributed by atoms with Crippen LogP contribution in [0.2, 0.25) is 0 Å². The van der Waals surface area contributed by atoms with Gasteiger partial charge in [0.05, 0.1) is 0 Å². The summed E-state index contributed by atoms with van der Waals surface area (Å²) < 4.78 is 1.90. The van der Waals surface area contributed by atoms with Crippen molar-refractivity contribution < 1.29 is 4.79 Å². The number of pyridine rings is 1. The normalized spacial score (nSPS) is 15.9. The van der Waals surface area contributed by atoms with Crippen LogP contribution in [-0.4, -0.2) is 49.3 Å². The van der Waals surface area contributed by atoms with Gasteiger partial charge in [-0.15, -0.1) is 0 Å². The molecule has 0 aliphatic carbocycles. The highest BCUT2D eigenvalue weighted by molar-refractivity contribution is 6.00. The van der Waals surface area contributed by atoms with Gasteiger partial charge in [0, 0.05) is 43.3 Å². The smallest absolute Gasteiger partial charge is 0.273 e. The number of nitrogens with zero attached hydrogens (tertiary/aromatic N) is 5. The van der Waals surface area contributed by atoms with Gasteiger partial charge >= 0.3 is 0 Å². The van der Waals surface area contributed by atoms with Crippen LogP contribution in [0.25, 0.3) is 16.9 Å². The summed E-state index contributed by atoms with van der Waals surface area (Å²) in [6, 6.07) is 15.8. The minimum absolute atomic E-state index is 0.00843. The van der Waals surface area contributed by atoms with Crippen LogP contribution in [0.15, 0.2) is 67.1 Å². The molecule has 1 saturated heterocycles. The molecule has 0 spiro atoms. The standard InChI is InChI=1S/C25H26N6O/c1-2-18-15-26-25(27-16-18)28-17-20-11-8-14-30(20)24(32)23-22(19-9-4-3-5-10-19)29-21-12-6-7-13-31(21)23/h3-7,9-10,12-13,15-16,20H,2,8,11,14,17H2,1H3,(H,26,27,28)/t20-/m0/s1. The number of carbonyl (C=O) groups excluding carboxylic acids is 1. The molecule has 1 fully saturated rings. The molecule has 1 atom stereocenters. The number of rotatable bonds is 6. The summed E-state index contributed by atoms with van der Waals surface area (Å²) in [5.74, 6) is 0.607. The maximum Gasteiger partial charge on any atom is 0.273 e. The Morgan fingerprint density at radius 2 is 1.88 bits per heavy atom. The molecule has 7 nitrogen and oxygen atoms in total. The van der Waals surface area contributed by atoms with Crippen molar-refractivity contribution in [2.45, 2.75) is 32.2 Å². The number of anilines is 1. The van der Waals surface area contributed by atoms with Crippen LogP contribution >= 0.6 is 0 Å². The van der Waals surface area contributed by atoms with Gasteiger partial charge in [-0.1, -0.05) is 43.3 Å². The number of nitrogens with one attached hydrogen (secondary N) is 1. The van der Waals surface area contributed by atoms with E-state index in [-0.39, 0.29) is 11.9 Å². The lowest BCUT2D eigenvalue weighted by Crippen LogP contribution is -2.40. The summed E-state index contributed by atoms with van der Waals surface area (Å²) >= 11 is 0. The van der Waals surface area contributed by atoms with E-state index in [9.17, 15) is 4.79 Å². The van der Waals surface area contributed by atoms with Crippen molar-refractivity contribution in [3.8, 4) is 11.3 Å². The number of benzene rings is 1. The topological polar surface area (TPSA) is 75.4 Å². The highest BCUT2D eigenvalue weighted by Crippen LogP contribution is 2.28. The van der Waals surface area contributed by atoms with E-state index in [0.29, 0.717) is 18.2 Å². The third-order valence-corrected chi connectivity index (χ3v) is 6.03.